The average molecular weight is 586 g/mol. The summed E-state index contributed by atoms with van der Waals surface area (Å²) in [5.74, 6) is -0.0519. The van der Waals surface area contributed by atoms with Crippen LogP contribution in [0.25, 0.3) is 0 Å². The largest absolute Gasteiger partial charge is 0.383 e. The number of carbonyl (C=O) groups excluding carboxylic acids is 2. The molecule has 12 heteroatoms. The minimum atomic E-state index is -0.333. The monoisotopic (exact) mass is 585 g/mol. The maximum atomic E-state index is 13.5. The molecule has 4 rings (SSSR count). The van der Waals surface area contributed by atoms with Gasteiger partial charge in [0.1, 0.15) is 35.4 Å². The Kier molecular flexibility index (Phi) is 10.9. The highest BCUT2D eigenvalue weighted by Crippen LogP contribution is 2.26. The number of primary amides is 1. The fraction of sp³-hybridized carbons (Fsp3) is 0.290. The van der Waals surface area contributed by atoms with Crippen molar-refractivity contribution in [2.75, 3.05) is 29.5 Å². The molecule has 0 saturated carbocycles. The van der Waals surface area contributed by atoms with Gasteiger partial charge in [0.2, 0.25) is 6.41 Å². The van der Waals surface area contributed by atoms with Gasteiger partial charge in [-0.05, 0) is 48.6 Å². The number of carbonyl (C=O) groups is 2. The molecule has 0 spiro atoms. The second kappa shape index (κ2) is 14.5. The Balaban J connectivity index is 0.00000162. The first-order valence-corrected chi connectivity index (χ1v) is 13.6. The molecule has 11 nitrogen and oxygen atoms in total. The SMILES string of the molecule is CC(C)(C)/C=C(\C#N)C(=O)N1CCCC(Nc2ncnc(N)c2C(=N)c2ccc(Nc3cccc(F)c3)cc2)C1.NC=O. The van der Waals surface area contributed by atoms with Gasteiger partial charge in [0, 0.05) is 36.1 Å². The number of nitrogens with two attached hydrogens (primary N) is 2. The van der Waals surface area contributed by atoms with E-state index < -0.39 is 0 Å². The number of nitrogen functional groups attached to an aromatic ring is 1. The van der Waals surface area contributed by atoms with Crippen LogP contribution in [0, 0.1) is 28.0 Å². The predicted octanol–water partition coefficient (Wildman–Crippen LogP) is 4.36. The number of allylic oxidation sites excluding steroid dienone is 1. The summed E-state index contributed by atoms with van der Waals surface area (Å²) in [6.07, 6.45) is 4.83. The molecule has 1 atom stereocenters. The van der Waals surface area contributed by atoms with E-state index >= 15 is 0 Å². The second-order valence-electron chi connectivity index (χ2n) is 11.0. The molecule has 1 aromatic heterocycles. The van der Waals surface area contributed by atoms with Crippen LogP contribution in [-0.2, 0) is 9.59 Å². The fourth-order valence-electron chi connectivity index (χ4n) is 4.57. The molecule has 1 aliphatic heterocycles. The summed E-state index contributed by atoms with van der Waals surface area (Å²) in [4.78, 5) is 31.8. The number of anilines is 4. The maximum Gasteiger partial charge on any atom is 0.264 e. The number of hydrogen-bond donors (Lipinski definition) is 5. The van der Waals surface area contributed by atoms with E-state index in [-0.39, 0.29) is 46.7 Å². The lowest BCUT2D eigenvalue weighted by Crippen LogP contribution is -2.46. The van der Waals surface area contributed by atoms with E-state index in [9.17, 15) is 14.4 Å². The number of nitrogens with zero attached hydrogens (tertiary/aromatic N) is 4. The zero-order chi connectivity index (χ0) is 31.6. The van der Waals surface area contributed by atoms with E-state index in [1.807, 2.05) is 20.8 Å². The highest BCUT2D eigenvalue weighted by Gasteiger charge is 2.28. The number of likely N-dealkylation sites (tertiary alicyclic amines) is 1. The first-order chi connectivity index (χ1) is 20.4. The Hall–Kier alpha value is -5.31. The van der Waals surface area contributed by atoms with Gasteiger partial charge in [-0.3, -0.25) is 15.0 Å². The first kappa shape index (κ1) is 32.2. The molecule has 7 N–H and O–H groups in total. The number of benzene rings is 2. The van der Waals surface area contributed by atoms with Gasteiger partial charge in [0.25, 0.3) is 5.91 Å². The highest BCUT2D eigenvalue weighted by molar-refractivity contribution is 6.16. The van der Waals surface area contributed by atoms with Crippen LogP contribution in [0.15, 0.2) is 66.5 Å². The third-order valence-electron chi connectivity index (χ3n) is 6.39. The van der Waals surface area contributed by atoms with E-state index in [1.54, 1.807) is 47.4 Å². The fourth-order valence-corrected chi connectivity index (χ4v) is 4.57. The zero-order valence-electron chi connectivity index (χ0n) is 24.4. The van der Waals surface area contributed by atoms with Crippen LogP contribution < -0.4 is 22.1 Å². The van der Waals surface area contributed by atoms with E-state index in [2.05, 4.69) is 32.4 Å². The van der Waals surface area contributed by atoms with E-state index in [0.29, 0.717) is 35.7 Å². The standard InChI is InChI=1S/C30H33FN8O.CH3NO/c1-30(2,3)15-20(16-32)29(40)39-13-5-8-24(17-39)38-28-25(27(34)35-18-36-28)26(33)19-9-11-22(12-10-19)37-23-7-4-6-21(31)14-23;2-1-3/h4,6-7,9-12,14-15,18,24,33,37H,5,8,13,17H2,1-3H3,(H3,34,35,36,38);1H,(H2,2,3)/b20-15+,33-26?;. The third kappa shape index (κ3) is 9.09. The van der Waals surface area contributed by atoms with E-state index in [0.717, 1.165) is 18.5 Å². The van der Waals surface area contributed by atoms with Crippen LogP contribution in [0.3, 0.4) is 0 Å². The van der Waals surface area contributed by atoms with Crippen LogP contribution in [0.5, 0.6) is 0 Å². The number of piperidine rings is 1. The minimum absolute atomic E-state index is 0.136. The Morgan fingerprint density at radius 3 is 2.51 bits per heavy atom. The topological polar surface area (TPSA) is 187 Å². The zero-order valence-corrected chi connectivity index (χ0v) is 24.4. The Labute approximate surface area is 250 Å². The average Bonchev–Trinajstić information content (AvgIpc) is 2.96. The Morgan fingerprint density at radius 1 is 1.19 bits per heavy atom. The summed E-state index contributed by atoms with van der Waals surface area (Å²) < 4.78 is 13.5. The van der Waals surface area contributed by atoms with Gasteiger partial charge in [0.05, 0.1) is 11.3 Å². The quantitative estimate of drug-likeness (QED) is 0.117. The van der Waals surface area contributed by atoms with Crippen molar-refractivity contribution in [3.8, 4) is 6.07 Å². The molecule has 0 radical (unpaired) electrons. The van der Waals surface area contributed by atoms with Gasteiger partial charge in [-0.25, -0.2) is 14.4 Å². The molecule has 0 aliphatic carbocycles. The normalized spacial score (nSPS) is 14.9. The number of hydrogen-bond acceptors (Lipinski definition) is 9. The first-order valence-electron chi connectivity index (χ1n) is 13.6. The molecule has 224 valence electrons. The maximum absolute atomic E-state index is 13.5. The number of nitrogens with one attached hydrogen (secondary N) is 3. The van der Waals surface area contributed by atoms with E-state index in [1.165, 1.54) is 18.5 Å². The summed E-state index contributed by atoms with van der Waals surface area (Å²) in [6.45, 7) is 6.79. The van der Waals surface area contributed by atoms with Gasteiger partial charge in [-0.2, -0.15) is 5.26 Å². The van der Waals surface area contributed by atoms with Crippen LogP contribution in [-0.4, -0.2) is 52.0 Å². The molecule has 2 aromatic carbocycles. The van der Waals surface area contributed by atoms with Crippen molar-refractivity contribution in [1.29, 1.82) is 10.7 Å². The Morgan fingerprint density at radius 2 is 1.88 bits per heavy atom. The molecule has 1 fully saturated rings. The van der Waals surface area contributed by atoms with E-state index in [4.69, 9.17) is 15.9 Å². The lowest BCUT2D eigenvalue weighted by Gasteiger charge is -2.34. The molecule has 0 bridgehead atoms. The summed E-state index contributed by atoms with van der Waals surface area (Å²) in [5.41, 5.74) is 12.7. The molecular weight excluding hydrogens is 549 g/mol. The van der Waals surface area contributed by atoms with Crippen molar-refractivity contribution < 1.29 is 14.0 Å². The summed E-state index contributed by atoms with van der Waals surface area (Å²) >= 11 is 0. The molecule has 1 saturated heterocycles. The number of nitriles is 1. The lowest BCUT2D eigenvalue weighted by molar-refractivity contribution is -0.127. The highest BCUT2D eigenvalue weighted by atomic mass is 19.1. The van der Waals surface area contributed by atoms with Crippen LogP contribution >= 0.6 is 0 Å². The molecular formula is C31H36FN9O2. The number of amides is 2. The summed E-state index contributed by atoms with van der Waals surface area (Å²) in [6, 6.07) is 15.2. The van der Waals surface area contributed by atoms with Crippen molar-refractivity contribution in [2.45, 2.75) is 39.7 Å². The van der Waals surface area contributed by atoms with Crippen molar-refractivity contribution in [3.63, 3.8) is 0 Å². The lowest BCUT2D eigenvalue weighted by atomic mass is 9.93. The molecule has 2 amide bonds. The predicted molar refractivity (Wildman–Crippen MR) is 165 cm³/mol. The van der Waals surface area contributed by atoms with Crippen LogP contribution in [0.4, 0.5) is 27.4 Å². The van der Waals surface area contributed by atoms with Gasteiger partial charge >= 0.3 is 0 Å². The van der Waals surface area contributed by atoms with Crippen molar-refractivity contribution in [3.05, 3.63) is 83.5 Å². The molecule has 1 aliphatic rings. The number of halogens is 1. The smallest absolute Gasteiger partial charge is 0.264 e. The minimum Gasteiger partial charge on any atom is -0.383 e. The third-order valence-corrected chi connectivity index (χ3v) is 6.39. The van der Waals surface area contributed by atoms with Crippen LogP contribution in [0.1, 0.15) is 44.7 Å². The Bertz CT molecular complexity index is 1530. The van der Waals surface area contributed by atoms with Gasteiger partial charge in [-0.1, -0.05) is 45.0 Å². The molecule has 1 unspecified atom stereocenters. The summed E-state index contributed by atoms with van der Waals surface area (Å²) in [5, 5.41) is 25.0. The molecule has 3 aromatic rings. The number of aromatic nitrogens is 2. The van der Waals surface area contributed by atoms with Gasteiger partial charge in [0.15, 0.2) is 0 Å². The van der Waals surface area contributed by atoms with Crippen molar-refractivity contribution in [2.24, 2.45) is 11.1 Å². The molecule has 43 heavy (non-hydrogen) atoms. The summed E-state index contributed by atoms with van der Waals surface area (Å²) in [7, 11) is 0. The van der Waals surface area contributed by atoms with Crippen molar-refractivity contribution >= 4 is 41.0 Å². The molecule has 2 heterocycles. The van der Waals surface area contributed by atoms with Gasteiger partial charge < -0.3 is 27.0 Å². The van der Waals surface area contributed by atoms with Crippen LogP contribution in [0.2, 0.25) is 0 Å². The van der Waals surface area contributed by atoms with Crippen molar-refractivity contribution in [1.82, 2.24) is 14.9 Å². The second-order valence-corrected chi connectivity index (χ2v) is 11.0. The number of rotatable bonds is 7. The van der Waals surface area contributed by atoms with Gasteiger partial charge in [-0.15, -0.1) is 0 Å².